The third-order valence-corrected chi connectivity index (χ3v) is 12.6. The van der Waals surface area contributed by atoms with Crippen LogP contribution in [0.3, 0.4) is 0 Å². The van der Waals surface area contributed by atoms with Crippen LogP contribution in [-0.2, 0) is 6.42 Å². The Kier molecular flexibility index (Phi) is 8.64. The van der Waals surface area contributed by atoms with Crippen molar-refractivity contribution in [2.45, 2.75) is 12.8 Å². The molecule has 0 atom stereocenters. The summed E-state index contributed by atoms with van der Waals surface area (Å²) >= 11 is 0. The Bertz CT molecular complexity index is 3410. The first kappa shape index (κ1) is 35.9. The van der Waals surface area contributed by atoms with E-state index in [0.717, 1.165) is 46.6 Å². The highest BCUT2D eigenvalue weighted by atomic mass is 15.0. The molecule has 3 nitrogen and oxygen atoms in total. The van der Waals surface area contributed by atoms with Gasteiger partial charge in [0.1, 0.15) is 0 Å². The molecule has 12 rings (SSSR count). The molecular weight excluding hydrogens is 751 g/mol. The van der Waals surface area contributed by atoms with Crippen LogP contribution in [0.15, 0.2) is 218 Å². The Labute approximate surface area is 361 Å². The van der Waals surface area contributed by atoms with Crippen LogP contribution in [0, 0.1) is 0 Å². The summed E-state index contributed by atoms with van der Waals surface area (Å²) in [5.74, 6) is 0. The first-order valence-electron chi connectivity index (χ1n) is 21.5. The molecule has 0 saturated heterocycles. The van der Waals surface area contributed by atoms with Gasteiger partial charge in [0.25, 0.3) is 0 Å². The molecule has 0 radical (unpaired) electrons. The second-order valence-electron chi connectivity index (χ2n) is 16.3. The molecule has 0 unspecified atom stereocenters. The van der Waals surface area contributed by atoms with Gasteiger partial charge >= 0.3 is 0 Å². The highest BCUT2D eigenvalue weighted by Gasteiger charge is 2.20. The van der Waals surface area contributed by atoms with Crippen LogP contribution in [0.1, 0.15) is 17.7 Å². The number of pyridine rings is 1. The summed E-state index contributed by atoms with van der Waals surface area (Å²) in [6, 6.07) is 76.8. The van der Waals surface area contributed by atoms with Crippen LogP contribution >= 0.6 is 0 Å². The van der Waals surface area contributed by atoms with Crippen LogP contribution < -0.4 is 0 Å². The number of benzene rings is 8. The van der Waals surface area contributed by atoms with Crippen molar-refractivity contribution in [3.05, 3.63) is 230 Å². The van der Waals surface area contributed by atoms with Crippen LogP contribution in [-0.4, -0.2) is 14.1 Å². The van der Waals surface area contributed by atoms with Gasteiger partial charge in [0.2, 0.25) is 0 Å². The number of allylic oxidation sites excluding steroid dienone is 1. The summed E-state index contributed by atoms with van der Waals surface area (Å²) in [5.41, 5.74) is 20.0. The maximum Gasteiger partial charge on any atom is 0.0715 e. The summed E-state index contributed by atoms with van der Waals surface area (Å²) < 4.78 is 4.89. The van der Waals surface area contributed by atoms with E-state index in [1.807, 2.05) is 0 Å². The maximum absolute atomic E-state index is 5.19. The number of hydrogen-bond donors (Lipinski definition) is 0. The molecule has 62 heavy (non-hydrogen) atoms. The quantitative estimate of drug-likeness (QED) is 0.158. The predicted octanol–water partition coefficient (Wildman–Crippen LogP) is 15.4. The zero-order valence-electron chi connectivity index (χ0n) is 34.1. The number of nitrogens with zero attached hydrogens (tertiary/aromatic N) is 3. The highest BCUT2D eigenvalue weighted by molar-refractivity contribution is 6.10. The topological polar surface area (TPSA) is 22.8 Å². The third kappa shape index (κ3) is 6.17. The van der Waals surface area contributed by atoms with E-state index in [1.165, 1.54) is 77.5 Å². The van der Waals surface area contributed by atoms with Crippen molar-refractivity contribution < 1.29 is 0 Å². The summed E-state index contributed by atoms with van der Waals surface area (Å²) in [5, 5.41) is 3.77. The average Bonchev–Trinajstić information content (AvgIpc) is 3.87. The zero-order valence-corrected chi connectivity index (χ0v) is 34.1. The second-order valence-corrected chi connectivity index (χ2v) is 16.3. The maximum atomic E-state index is 5.19. The molecule has 0 saturated carbocycles. The fraction of sp³-hybridized carbons (Fsp3) is 0.0339. The van der Waals surface area contributed by atoms with Crippen LogP contribution in [0.25, 0.3) is 106 Å². The van der Waals surface area contributed by atoms with Crippen molar-refractivity contribution in [1.82, 2.24) is 14.1 Å². The molecule has 3 aromatic heterocycles. The minimum atomic E-state index is 0.952. The molecule has 0 fully saturated rings. The van der Waals surface area contributed by atoms with E-state index in [2.05, 4.69) is 234 Å². The Morgan fingerprint density at radius 1 is 0.339 bits per heavy atom. The summed E-state index contributed by atoms with van der Waals surface area (Å²) in [7, 11) is 0. The van der Waals surface area contributed by atoms with Gasteiger partial charge in [-0.1, -0.05) is 164 Å². The standard InChI is InChI=1S/C59H41N3/c1-4-14-40(15-5-1)42-24-30-49(31-25-42)62-56-22-12-10-20-50(56)52-34-28-46(39-59(52)62)45-29-35-58-53(36-45)51-21-11-13-23-57(51)61(58)48-32-26-44(27-33-48)55-38-47(41-16-6-2-7-17-41)37-54(60-55)43-18-8-3-9-19-43/h1-11,13-21,23-39H,12,22H2. The van der Waals surface area contributed by atoms with Crippen molar-refractivity contribution >= 4 is 38.8 Å². The molecule has 292 valence electrons. The second kappa shape index (κ2) is 14.9. The molecule has 8 aromatic carbocycles. The molecule has 0 spiro atoms. The fourth-order valence-corrected chi connectivity index (χ4v) is 9.57. The zero-order chi connectivity index (χ0) is 41.0. The summed E-state index contributed by atoms with van der Waals surface area (Å²) in [6.45, 7) is 0. The molecule has 0 amide bonds. The van der Waals surface area contributed by atoms with E-state index >= 15 is 0 Å². The summed E-state index contributed by atoms with van der Waals surface area (Å²) in [6.07, 6.45) is 6.71. The van der Waals surface area contributed by atoms with Crippen molar-refractivity contribution in [2.75, 3.05) is 0 Å². The van der Waals surface area contributed by atoms with Crippen LogP contribution in [0.5, 0.6) is 0 Å². The van der Waals surface area contributed by atoms with Gasteiger partial charge in [-0.15, -0.1) is 0 Å². The molecule has 0 aliphatic heterocycles. The lowest BCUT2D eigenvalue weighted by atomic mass is 9.99. The molecule has 1 aliphatic rings. The van der Waals surface area contributed by atoms with Crippen molar-refractivity contribution in [2.24, 2.45) is 0 Å². The Hall–Kier alpha value is -8.01. The van der Waals surface area contributed by atoms with E-state index in [0.29, 0.717) is 0 Å². The Balaban J connectivity index is 0.937. The summed E-state index contributed by atoms with van der Waals surface area (Å²) in [4.78, 5) is 5.19. The van der Waals surface area contributed by atoms with Crippen molar-refractivity contribution in [3.63, 3.8) is 0 Å². The van der Waals surface area contributed by atoms with Gasteiger partial charge in [0.05, 0.1) is 27.9 Å². The molecule has 0 bridgehead atoms. The molecule has 1 aliphatic carbocycles. The third-order valence-electron chi connectivity index (χ3n) is 12.6. The van der Waals surface area contributed by atoms with E-state index in [9.17, 15) is 0 Å². The van der Waals surface area contributed by atoms with Gasteiger partial charge in [-0.2, -0.15) is 0 Å². The van der Waals surface area contributed by atoms with Crippen LogP contribution in [0.4, 0.5) is 0 Å². The molecule has 3 heteroatoms. The first-order chi connectivity index (χ1) is 30.7. The number of rotatable bonds is 7. The van der Waals surface area contributed by atoms with E-state index in [1.54, 1.807) is 0 Å². The van der Waals surface area contributed by atoms with Gasteiger partial charge in [-0.05, 0) is 107 Å². The fourth-order valence-electron chi connectivity index (χ4n) is 9.57. The normalized spacial score (nSPS) is 12.3. The Morgan fingerprint density at radius 2 is 0.855 bits per heavy atom. The Morgan fingerprint density at radius 3 is 1.56 bits per heavy atom. The van der Waals surface area contributed by atoms with Gasteiger partial charge in [0, 0.05) is 49.9 Å². The number of hydrogen-bond acceptors (Lipinski definition) is 1. The monoisotopic (exact) mass is 791 g/mol. The van der Waals surface area contributed by atoms with Gasteiger partial charge in [0.15, 0.2) is 0 Å². The van der Waals surface area contributed by atoms with Crippen molar-refractivity contribution in [3.8, 4) is 67.3 Å². The number of fused-ring (bicyclic) bond motifs is 6. The number of para-hydroxylation sites is 1. The molecule has 11 aromatic rings. The van der Waals surface area contributed by atoms with Crippen molar-refractivity contribution in [1.29, 1.82) is 0 Å². The average molecular weight is 792 g/mol. The van der Waals surface area contributed by atoms with E-state index in [-0.39, 0.29) is 0 Å². The minimum absolute atomic E-state index is 0.952. The number of aromatic nitrogens is 3. The van der Waals surface area contributed by atoms with Crippen LogP contribution in [0.2, 0.25) is 0 Å². The molecular formula is C59H41N3. The van der Waals surface area contributed by atoms with Gasteiger partial charge < -0.3 is 9.13 Å². The van der Waals surface area contributed by atoms with E-state index < -0.39 is 0 Å². The lowest BCUT2D eigenvalue weighted by Gasteiger charge is -2.14. The lowest BCUT2D eigenvalue weighted by Crippen LogP contribution is -2.02. The lowest BCUT2D eigenvalue weighted by molar-refractivity contribution is 0.889. The van der Waals surface area contributed by atoms with Gasteiger partial charge in [-0.25, -0.2) is 4.98 Å². The minimum Gasteiger partial charge on any atom is -0.313 e. The van der Waals surface area contributed by atoms with Gasteiger partial charge in [-0.3, -0.25) is 0 Å². The predicted molar refractivity (Wildman–Crippen MR) is 260 cm³/mol. The molecule has 3 heterocycles. The largest absolute Gasteiger partial charge is 0.313 e. The van der Waals surface area contributed by atoms with E-state index in [4.69, 9.17) is 4.98 Å². The first-order valence-corrected chi connectivity index (χ1v) is 21.5. The smallest absolute Gasteiger partial charge is 0.0715 e. The molecule has 0 N–H and O–H groups in total. The SMILES string of the molecule is C1=Cc2c(n(-c3ccc(-c4ccccc4)cc3)c3cc(-c4ccc5c(c4)c4ccccc4n5-c4ccc(-c5cc(-c6ccccc6)cc(-c6ccccc6)n5)cc4)ccc23)CC1. The highest BCUT2D eigenvalue weighted by Crippen LogP contribution is 2.40.